The highest BCUT2D eigenvalue weighted by Gasteiger charge is 2.32. The first-order valence-corrected chi connectivity index (χ1v) is 9.47. The molecule has 0 fully saturated rings. The number of fused-ring (bicyclic) bond motifs is 2. The summed E-state index contributed by atoms with van der Waals surface area (Å²) in [6.45, 7) is 4.11. The normalized spacial score (nSPS) is 17.9. The smallest absolute Gasteiger partial charge is 0.329 e. The highest BCUT2D eigenvalue weighted by atomic mass is 16.2. The fourth-order valence-corrected chi connectivity index (χ4v) is 4.09. The quantitative estimate of drug-likeness (QED) is 0.736. The van der Waals surface area contributed by atoms with E-state index in [1.165, 1.54) is 5.56 Å². The number of H-pyrrole nitrogens is 1. The Labute approximate surface area is 162 Å². The number of nitrogens with zero attached hydrogens (tertiary/aromatic N) is 1. The molecule has 144 valence electrons. The van der Waals surface area contributed by atoms with Crippen molar-refractivity contribution in [3.05, 3.63) is 80.5 Å². The summed E-state index contributed by atoms with van der Waals surface area (Å²) in [6, 6.07) is 14.8. The Morgan fingerprint density at radius 1 is 1.14 bits per heavy atom. The van der Waals surface area contributed by atoms with Crippen LogP contribution in [0.4, 0.5) is 0 Å². The summed E-state index contributed by atoms with van der Waals surface area (Å²) in [5.41, 5.74) is 1.82. The number of carbonyl (C=O) groups is 1. The van der Waals surface area contributed by atoms with E-state index in [9.17, 15) is 14.4 Å². The average molecular weight is 377 g/mol. The standard InChI is InChI=1S/C22H23N3O3/c1-22(2)12-11-18(14-7-3-5-9-16(14)22)23-19(26)13-25-20(27)15-8-4-6-10-17(15)24-21(25)28/h3-10,18H,11-13H2,1-2H3,(H,23,26)(H,24,28). The fourth-order valence-electron chi connectivity index (χ4n) is 4.09. The number of rotatable bonds is 3. The number of amides is 1. The average Bonchev–Trinajstić information content (AvgIpc) is 2.68. The third-order valence-corrected chi connectivity index (χ3v) is 5.65. The van der Waals surface area contributed by atoms with Gasteiger partial charge in [-0.2, -0.15) is 0 Å². The zero-order valence-electron chi connectivity index (χ0n) is 16.0. The van der Waals surface area contributed by atoms with E-state index in [0.29, 0.717) is 10.9 Å². The van der Waals surface area contributed by atoms with Crippen LogP contribution in [-0.2, 0) is 16.8 Å². The van der Waals surface area contributed by atoms with Crippen molar-refractivity contribution in [3.8, 4) is 0 Å². The van der Waals surface area contributed by atoms with Crippen molar-refractivity contribution in [2.24, 2.45) is 0 Å². The predicted molar refractivity (Wildman–Crippen MR) is 108 cm³/mol. The van der Waals surface area contributed by atoms with E-state index in [0.717, 1.165) is 23.0 Å². The maximum atomic E-state index is 12.7. The van der Waals surface area contributed by atoms with Gasteiger partial charge < -0.3 is 10.3 Å². The Kier molecular flexibility index (Phi) is 4.41. The first-order chi connectivity index (χ1) is 13.4. The molecule has 1 heterocycles. The monoisotopic (exact) mass is 377 g/mol. The van der Waals surface area contributed by atoms with Crippen LogP contribution >= 0.6 is 0 Å². The number of aromatic nitrogens is 2. The number of carbonyl (C=O) groups excluding carboxylic acids is 1. The molecule has 6 nitrogen and oxygen atoms in total. The molecule has 2 aromatic carbocycles. The van der Waals surface area contributed by atoms with Gasteiger partial charge in [0.2, 0.25) is 5.91 Å². The Bertz CT molecular complexity index is 1170. The Hall–Kier alpha value is -3.15. The van der Waals surface area contributed by atoms with Crippen LogP contribution in [0.5, 0.6) is 0 Å². The molecule has 1 aliphatic rings. The van der Waals surface area contributed by atoms with Gasteiger partial charge in [0.1, 0.15) is 6.54 Å². The second kappa shape index (κ2) is 6.78. The van der Waals surface area contributed by atoms with Crippen molar-refractivity contribution < 1.29 is 4.79 Å². The van der Waals surface area contributed by atoms with Crippen molar-refractivity contribution in [2.75, 3.05) is 0 Å². The van der Waals surface area contributed by atoms with Crippen LogP contribution in [0, 0.1) is 0 Å². The van der Waals surface area contributed by atoms with Gasteiger partial charge in [-0.15, -0.1) is 0 Å². The summed E-state index contributed by atoms with van der Waals surface area (Å²) in [4.78, 5) is 40.2. The summed E-state index contributed by atoms with van der Waals surface area (Å²) in [5, 5.41) is 3.40. The first-order valence-electron chi connectivity index (χ1n) is 9.47. The number of hydrogen-bond donors (Lipinski definition) is 2. The minimum absolute atomic E-state index is 0.0598. The molecule has 1 unspecified atom stereocenters. The zero-order valence-corrected chi connectivity index (χ0v) is 16.0. The van der Waals surface area contributed by atoms with E-state index in [4.69, 9.17) is 0 Å². The molecule has 0 spiro atoms. The van der Waals surface area contributed by atoms with Crippen molar-refractivity contribution in [2.45, 2.75) is 44.7 Å². The molecule has 28 heavy (non-hydrogen) atoms. The third-order valence-electron chi connectivity index (χ3n) is 5.65. The van der Waals surface area contributed by atoms with Crippen molar-refractivity contribution in [3.63, 3.8) is 0 Å². The van der Waals surface area contributed by atoms with Gasteiger partial charge in [-0.1, -0.05) is 50.2 Å². The Morgan fingerprint density at radius 2 is 1.86 bits per heavy atom. The largest absolute Gasteiger partial charge is 0.348 e. The summed E-state index contributed by atoms with van der Waals surface area (Å²) in [7, 11) is 0. The Morgan fingerprint density at radius 3 is 2.68 bits per heavy atom. The van der Waals surface area contributed by atoms with Crippen LogP contribution in [0.3, 0.4) is 0 Å². The van der Waals surface area contributed by atoms with Crippen molar-refractivity contribution in [1.82, 2.24) is 14.9 Å². The number of nitrogens with one attached hydrogen (secondary N) is 2. The maximum Gasteiger partial charge on any atom is 0.329 e. The molecule has 1 aromatic heterocycles. The molecule has 6 heteroatoms. The van der Waals surface area contributed by atoms with Gasteiger partial charge in [0.15, 0.2) is 0 Å². The molecule has 0 aliphatic heterocycles. The second-order valence-corrected chi connectivity index (χ2v) is 8.00. The minimum Gasteiger partial charge on any atom is -0.348 e. The third kappa shape index (κ3) is 3.15. The van der Waals surface area contributed by atoms with Crippen molar-refractivity contribution in [1.29, 1.82) is 0 Å². The molecule has 4 rings (SSSR count). The second-order valence-electron chi connectivity index (χ2n) is 8.00. The molecule has 0 saturated carbocycles. The topological polar surface area (TPSA) is 84.0 Å². The van der Waals surface area contributed by atoms with Crippen LogP contribution in [-0.4, -0.2) is 15.5 Å². The van der Waals surface area contributed by atoms with Crippen LogP contribution in [0.15, 0.2) is 58.1 Å². The number of hydrogen-bond acceptors (Lipinski definition) is 3. The number of aromatic amines is 1. The van der Waals surface area contributed by atoms with Crippen LogP contribution in [0.25, 0.3) is 10.9 Å². The van der Waals surface area contributed by atoms with E-state index in [1.54, 1.807) is 24.3 Å². The summed E-state index contributed by atoms with van der Waals surface area (Å²) >= 11 is 0. The van der Waals surface area contributed by atoms with Crippen molar-refractivity contribution >= 4 is 16.8 Å². The molecule has 0 radical (unpaired) electrons. The van der Waals surface area contributed by atoms with E-state index >= 15 is 0 Å². The first kappa shape index (κ1) is 18.2. The molecule has 1 atom stereocenters. The van der Waals surface area contributed by atoms with Gasteiger partial charge in [0.05, 0.1) is 16.9 Å². The van der Waals surface area contributed by atoms with Gasteiger partial charge in [-0.3, -0.25) is 14.2 Å². The molecule has 3 aromatic rings. The summed E-state index contributed by atoms with van der Waals surface area (Å²) in [5.74, 6) is -0.345. The lowest BCUT2D eigenvalue weighted by Crippen LogP contribution is -2.42. The van der Waals surface area contributed by atoms with Gasteiger partial charge in [-0.05, 0) is 41.5 Å². The summed E-state index contributed by atoms with van der Waals surface area (Å²) in [6.07, 6.45) is 1.77. The lowest BCUT2D eigenvalue weighted by molar-refractivity contribution is -0.122. The van der Waals surface area contributed by atoms with Gasteiger partial charge in [0.25, 0.3) is 5.56 Å². The summed E-state index contributed by atoms with van der Waals surface area (Å²) < 4.78 is 0.955. The molecule has 1 aliphatic carbocycles. The van der Waals surface area contributed by atoms with E-state index in [1.807, 2.05) is 18.2 Å². The minimum atomic E-state index is -0.580. The molecular weight excluding hydrogens is 354 g/mol. The lowest BCUT2D eigenvalue weighted by Gasteiger charge is -2.37. The zero-order chi connectivity index (χ0) is 19.9. The van der Waals surface area contributed by atoms with Crippen LogP contribution in [0.1, 0.15) is 43.9 Å². The van der Waals surface area contributed by atoms with Crippen LogP contribution in [0.2, 0.25) is 0 Å². The molecule has 2 N–H and O–H groups in total. The fraction of sp³-hybridized carbons (Fsp3) is 0.318. The van der Waals surface area contributed by atoms with E-state index in [-0.39, 0.29) is 23.9 Å². The molecule has 1 amide bonds. The molecule has 0 saturated heterocycles. The SMILES string of the molecule is CC1(C)CCC(NC(=O)Cn2c(=O)[nH]c3ccccc3c2=O)c2ccccc21. The number of para-hydroxylation sites is 1. The number of benzene rings is 2. The highest BCUT2D eigenvalue weighted by molar-refractivity contribution is 5.79. The van der Waals surface area contributed by atoms with Gasteiger partial charge in [0, 0.05) is 0 Å². The van der Waals surface area contributed by atoms with E-state index in [2.05, 4.69) is 30.2 Å². The lowest BCUT2D eigenvalue weighted by atomic mass is 9.71. The van der Waals surface area contributed by atoms with Gasteiger partial charge >= 0.3 is 5.69 Å². The molecular formula is C22H23N3O3. The maximum absolute atomic E-state index is 12.7. The van der Waals surface area contributed by atoms with E-state index < -0.39 is 11.2 Å². The predicted octanol–water partition coefficient (Wildman–Crippen LogP) is 2.62. The van der Waals surface area contributed by atoms with Gasteiger partial charge in [-0.25, -0.2) is 4.79 Å². The molecule has 0 bridgehead atoms. The highest BCUT2D eigenvalue weighted by Crippen LogP contribution is 2.41. The Balaban J connectivity index is 1.60. The van der Waals surface area contributed by atoms with Crippen LogP contribution < -0.4 is 16.6 Å².